The molecule has 0 radical (unpaired) electrons. The smallest absolute Gasteiger partial charge is 0.268 e. The molecule has 0 fully saturated rings. The van der Waals surface area contributed by atoms with E-state index in [2.05, 4.69) is 0 Å². The summed E-state index contributed by atoms with van der Waals surface area (Å²) in [5.41, 5.74) is 1.93. The lowest BCUT2D eigenvalue weighted by molar-refractivity contribution is 0.103. The number of aryl methyl sites for hydroxylation is 1. The summed E-state index contributed by atoms with van der Waals surface area (Å²) >= 11 is 0. The Kier molecular flexibility index (Phi) is 4.61. The second kappa shape index (κ2) is 7.09. The SMILES string of the molecule is CCc1c(C(=O)c2ccccc2)n(S(=O)(=O)c2ccccc2)c2ccccc12. The minimum absolute atomic E-state index is 0.153. The standard InChI is InChI=1S/C23H19NO3S/c1-2-19-20-15-9-10-16-21(20)24(28(26,27)18-13-7-4-8-14-18)22(19)23(25)17-11-5-3-6-12-17/h3-16H,2H2,1H3. The number of hydrogen-bond donors (Lipinski definition) is 0. The van der Waals surface area contributed by atoms with Crippen molar-refractivity contribution in [2.75, 3.05) is 0 Å². The highest BCUT2D eigenvalue weighted by atomic mass is 32.2. The molecule has 4 rings (SSSR count). The summed E-state index contributed by atoms with van der Waals surface area (Å²) in [7, 11) is -3.94. The fourth-order valence-corrected chi connectivity index (χ4v) is 5.10. The van der Waals surface area contributed by atoms with Crippen molar-refractivity contribution in [2.24, 2.45) is 0 Å². The summed E-state index contributed by atoms with van der Waals surface area (Å²) in [6.45, 7) is 1.93. The van der Waals surface area contributed by atoms with Gasteiger partial charge in [0.2, 0.25) is 5.78 Å². The summed E-state index contributed by atoms with van der Waals surface area (Å²) in [6, 6.07) is 24.3. The van der Waals surface area contributed by atoms with Crippen LogP contribution in [0, 0.1) is 0 Å². The fourth-order valence-electron chi connectivity index (χ4n) is 3.54. The van der Waals surface area contributed by atoms with E-state index in [0.717, 1.165) is 10.9 Å². The fraction of sp³-hybridized carbons (Fsp3) is 0.0870. The number of para-hydroxylation sites is 1. The van der Waals surface area contributed by atoms with Crippen molar-refractivity contribution in [2.45, 2.75) is 18.2 Å². The number of carbonyl (C=O) groups is 1. The first-order valence-electron chi connectivity index (χ1n) is 9.08. The van der Waals surface area contributed by atoms with Gasteiger partial charge in [-0.1, -0.05) is 73.7 Å². The number of nitrogens with zero attached hydrogens (tertiary/aromatic N) is 1. The van der Waals surface area contributed by atoms with Crippen LogP contribution in [0.15, 0.2) is 89.8 Å². The van der Waals surface area contributed by atoms with Crippen LogP contribution in [0.25, 0.3) is 10.9 Å². The molecular weight excluding hydrogens is 370 g/mol. The van der Waals surface area contributed by atoms with Gasteiger partial charge in [0, 0.05) is 10.9 Å². The number of rotatable bonds is 5. The van der Waals surface area contributed by atoms with Crippen molar-refractivity contribution in [3.8, 4) is 0 Å². The van der Waals surface area contributed by atoms with Crippen LogP contribution in [0.2, 0.25) is 0 Å². The summed E-state index contributed by atoms with van der Waals surface area (Å²) in [5, 5.41) is 0.781. The van der Waals surface area contributed by atoms with Crippen LogP contribution in [0.5, 0.6) is 0 Å². The van der Waals surface area contributed by atoms with E-state index in [1.807, 2.05) is 25.1 Å². The molecule has 5 heteroatoms. The maximum atomic E-state index is 13.5. The van der Waals surface area contributed by atoms with Crippen LogP contribution in [0.4, 0.5) is 0 Å². The normalized spacial score (nSPS) is 11.6. The third-order valence-electron chi connectivity index (χ3n) is 4.82. The second-order valence-electron chi connectivity index (χ2n) is 6.48. The quantitative estimate of drug-likeness (QED) is 0.466. The zero-order valence-corrected chi connectivity index (χ0v) is 16.2. The van der Waals surface area contributed by atoms with Crippen LogP contribution in [0.1, 0.15) is 28.5 Å². The Labute approximate surface area is 164 Å². The van der Waals surface area contributed by atoms with Gasteiger partial charge in [-0.25, -0.2) is 12.4 Å². The average Bonchev–Trinajstić information content (AvgIpc) is 3.09. The first kappa shape index (κ1) is 18.2. The number of fused-ring (bicyclic) bond motifs is 1. The van der Waals surface area contributed by atoms with Gasteiger partial charge in [-0.3, -0.25) is 4.79 Å². The monoisotopic (exact) mass is 389 g/mol. The summed E-state index contributed by atoms with van der Waals surface area (Å²) in [4.78, 5) is 13.6. The first-order valence-corrected chi connectivity index (χ1v) is 10.5. The van der Waals surface area contributed by atoms with E-state index in [1.54, 1.807) is 66.7 Å². The van der Waals surface area contributed by atoms with E-state index < -0.39 is 10.0 Å². The van der Waals surface area contributed by atoms with Gasteiger partial charge in [0.1, 0.15) is 5.69 Å². The average molecular weight is 389 g/mol. The number of hydrogen-bond acceptors (Lipinski definition) is 3. The topological polar surface area (TPSA) is 56.1 Å². The van der Waals surface area contributed by atoms with E-state index in [1.165, 1.54) is 3.97 Å². The highest BCUT2D eigenvalue weighted by molar-refractivity contribution is 7.90. The first-order chi connectivity index (χ1) is 13.6. The molecule has 0 aliphatic rings. The molecule has 0 unspecified atom stereocenters. The predicted octanol–water partition coefficient (Wildman–Crippen LogP) is 4.67. The second-order valence-corrected chi connectivity index (χ2v) is 8.26. The number of ketones is 1. The molecule has 1 heterocycles. The summed E-state index contributed by atoms with van der Waals surface area (Å²) in [6.07, 6.45) is 0.547. The minimum atomic E-state index is -3.94. The molecular formula is C23H19NO3S. The van der Waals surface area contributed by atoms with Crippen LogP contribution < -0.4 is 0 Å². The van der Waals surface area contributed by atoms with Crippen molar-refractivity contribution < 1.29 is 13.2 Å². The molecule has 140 valence electrons. The van der Waals surface area contributed by atoms with Crippen molar-refractivity contribution in [1.82, 2.24) is 3.97 Å². The van der Waals surface area contributed by atoms with E-state index in [0.29, 0.717) is 17.5 Å². The maximum absolute atomic E-state index is 13.5. The molecule has 0 bridgehead atoms. The van der Waals surface area contributed by atoms with Gasteiger partial charge in [0.15, 0.2) is 0 Å². The molecule has 0 atom stereocenters. The van der Waals surface area contributed by atoms with Crippen LogP contribution in [-0.4, -0.2) is 18.2 Å². The molecule has 4 aromatic rings. The molecule has 0 spiro atoms. The van der Waals surface area contributed by atoms with Crippen LogP contribution in [-0.2, 0) is 16.4 Å². The molecule has 1 aromatic heterocycles. The Morgan fingerprint density at radius 3 is 2.04 bits per heavy atom. The minimum Gasteiger partial charge on any atom is -0.287 e. The molecule has 28 heavy (non-hydrogen) atoms. The summed E-state index contributed by atoms with van der Waals surface area (Å²) in [5.74, 6) is -0.298. The molecule has 0 saturated carbocycles. The van der Waals surface area contributed by atoms with E-state index in [9.17, 15) is 13.2 Å². The van der Waals surface area contributed by atoms with E-state index in [4.69, 9.17) is 0 Å². The Morgan fingerprint density at radius 1 is 0.821 bits per heavy atom. The van der Waals surface area contributed by atoms with Gasteiger partial charge < -0.3 is 0 Å². The van der Waals surface area contributed by atoms with E-state index >= 15 is 0 Å². The molecule has 4 nitrogen and oxygen atoms in total. The lowest BCUT2D eigenvalue weighted by atomic mass is 10.0. The van der Waals surface area contributed by atoms with E-state index in [-0.39, 0.29) is 16.4 Å². The Balaban J connectivity index is 2.10. The maximum Gasteiger partial charge on any atom is 0.268 e. The number of carbonyl (C=O) groups excluding carboxylic acids is 1. The highest BCUT2D eigenvalue weighted by Crippen LogP contribution is 2.32. The molecule has 0 aliphatic carbocycles. The Bertz CT molecular complexity index is 1260. The van der Waals surface area contributed by atoms with Crippen molar-refractivity contribution >= 4 is 26.7 Å². The number of benzene rings is 3. The predicted molar refractivity (Wildman–Crippen MR) is 110 cm³/mol. The summed E-state index contributed by atoms with van der Waals surface area (Å²) < 4.78 is 28.3. The van der Waals surface area contributed by atoms with Crippen molar-refractivity contribution in [3.05, 3.63) is 102 Å². The third kappa shape index (κ3) is 2.84. The van der Waals surface area contributed by atoms with Crippen LogP contribution >= 0.6 is 0 Å². The third-order valence-corrected chi connectivity index (χ3v) is 6.55. The zero-order chi connectivity index (χ0) is 19.7. The molecule has 0 saturated heterocycles. The van der Waals surface area contributed by atoms with Gasteiger partial charge in [0.25, 0.3) is 10.0 Å². The van der Waals surface area contributed by atoms with Gasteiger partial charge in [0.05, 0.1) is 10.4 Å². The molecule has 0 aliphatic heterocycles. The van der Waals surface area contributed by atoms with Crippen molar-refractivity contribution in [3.63, 3.8) is 0 Å². The van der Waals surface area contributed by atoms with Gasteiger partial charge in [-0.05, 0) is 30.2 Å². The Hall–Kier alpha value is -3.18. The number of aromatic nitrogens is 1. The van der Waals surface area contributed by atoms with Crippen LogP contribution in [0.3, 0.4) is 0 Å². The lowest BCUT2D eigenvalue weighted by Crippen LogP contribution is -2.20. The lowest BCUT2D eigenvalue weighted by Gasteiger charge is -2.12. The van der Waals surface area contributed by atoms with Gasteiger partial charge in [-0.15, -0.1) is 0 Å². The molecule has 0 N–H and O–H groups in total. The highest BCUT2D eigenvalue weighted by Gasteiger charge is 2.30. The van der Waals surface area contributed by atoms with Gasteiger partial charge >= 0.3 is 0 Å². The largest absolute Gasteiger partial charge is 0.287 e. The molecule has 3 aromatic carbocycles. The van der Waals surface area contributed by atoms with Crippen molar-refractivity contribution in [1.29, 1.82) is 0 Å². The Morgan fingerprint density at radius 2 is 1.39 bits per heavy atom. The zero-order valence-electron chi connectivity index (χ0n) is 15.4. The molecule has 0 amide bonds. The van der Waals surface area contributed by atoms with Gasteiger partial charge in [-0.2, -0.15) is 0 Å².